The summed E-state index contributed by atoms with van der Waals surface area (Å²) < 4.78 is 61.4. The van der Waals surface area contributed by atoms with Crippen molar-refractivity contribution in [3.63, 3.8) is 0 Å². The summed E-state index contributed by atoms with van der Waals surface area (Å²) in [5.41, 5.74) is 0.939. The lowest BCUT2D eigenvalue weighted by Gasteiger charge is -2.38. The fraction of sp³-hybridized carbons (Fsp3) is 0.793. The molecule has 3 aliphatic carbocycles. The number of hydrogen-bond acceptors (Lipinski definition) is 0. The Morgan fingerprint density at radius 3 is 1.90 bits per heavy atom. The molecular weight excluding hydrogens is 386 g/mol. The molecule has 3 saturated carbocycles. The van der Waals surface area contributed by atoms with Gasteiger partial charge in [0.2, 0.25) is 0 Å². The van der Waals surface area contributed by atoms with Gasteiger partial charge >= 0.3 is 0 Å². The molecule has 0 saturated heterocycles. The average Bonchev–Trinajstić information content (AvgIpc) is 2.80. The Bertz CT molecular complexity index is 808. The summed E-state index contributed by atoms with van der Waals surface area (Å²) in [4.78, 5) is 0. The third-order valence-corrected chi connectivity index (χ3v) is 8.61. The molecule has 3 aliphatic rings. The molecule has 1 aromatic rings. The van der Waals surface area contributed by atoms with E-state index in [4.69, 9.17) is 5.48 Å². The predicted octanol–water partition coefficient (Wildman–Crippen LogP) is 9.43. The van der Waals surface area contributed by atoms with Gasteiger partial charge in [-0.2, -0.15) is 0 Å². The standard InChI is InChI=1S/C29H44F2/c1-2-3-21-4-6-22(7-5-21)8-9-23-10-12-24(13-11-23)25-14-16-26(17-15-25)27-18-19-28(30)29(31)20-27/h18-26H,2-17H2,1H3/i6D2,7D2. The van der Waals surface area contributed by atoms with E-state index in [-0.39, 0.29) is 5.92 Å². The summed E-state index contributed by atoms with van der Waals surface area (Å²) in [5, 5.41) is 0. The molecule has 3 fully saturated rings. The Morgan fingerprint density at radius 2 is 1.29 bits per heavy atom. The number of halogens is 2. The first-order chi connectivity index (χ1) is 16.6. The van der Waals surface area contributed by atoms with E-state index in [0.29, 0.717) is 31.1 Å². The highest BCUT2D eigenvalue weighted by Gasteiger charge is 2.32. The Morgan fingerprint density at radius 1 is 0.710 bits per heavy atom. The second-order valence-corrected chi connectivity index (χ2v) is 10.7. The summed E-state index contributed by atoms with van der Waals surface area (Å²) in [7, 11) is 0. The van der Waals surface area contributed by atoms with Crippen LogP contribution in [0.2, 0.25) is 0 Å². The van der Waals surface area contributed by atoms with Gasteiger partial charge in [0, 0.05) is 5.48 Å². The second kappa shape index (κ2) is 11.3. The third kappa shape index (κ3) is 6.32. The van der Waals surface area contributed by atoms with Crippen molar-refractivity contribution in [2.45, 2.75) is 115 Å². The minimum atomic E-state index is -1.40. The molecule has 0 amide bonds. The number of benzene rings is 1. The van der Waals surface area contributed by atoms with Crippen LogP contribution in [0.4, 0.5) is 8.78 Å². The highest BCUT2D eigenvalue weighted by Crippen LogP contribution is 2.45. The van der Waals surface area contributed by atoms with Crippen LogP contribution >= 0.6 is 0 Å². The maximum atomic E-state index is 13.6. The molecule has 0 spiro atoms. The van der Waals surface area contributed by atoms with Crippen molar-refractivity contribution in [1.29, 1.82) is 0 Å². The molecule has 0 bridgehead atoms. The van der Waals surface area contributed by atoms with Crippen LogP contribution < -0.4 is 0 Å². The van der Waals surface area contributed by atoms with Crippen LogP contribution in [-0.2, 0) is 0 Å². The van der Waals surface area contributed by atoms with Crippen molar-refractivity contribution in [3.8, 4) is 0 Å². The third-order valence-electron chi connectivity index (χ3n) is 8.61. The lowest BCUT2D eigenvalue weighted by atomic mass is 9.67. The normalized spacial score (nSPS) is 39.7. The Balaban J connectivity index is 1.22. The van der Waals surface area contributed by atoms with E-state index in [1.165, 1.54) is 50.7 Å². The van der Waals surface area contributed by atoms with Crippen molar-refractivity contribution in [3.05, 3.63) is 35.4 Å². The SMILES string of the molecule is [2H]C1([2H])CC(CCC)CC([2H])([2H])C1CCC1CCC(C2CCC(c3ccc(F)c(F)c3)CC2)CC1. The monoisotopic (exact) mass is 434 g/mol. The quantitative estimate of drug-likeness (QED) is 0.401. The summed E-state index contributed by atoms with van der Waals surface area (Å²) in [6.45, 7) is 2.10. The van der Waals surface area contributed by atoms with Crippen LogP contribution in [0.5, 0.6) is 0 Å². The first kappa shape index (κ1) is 18.5. The van der Waals surface area contributed by atoms with Gasteiger partial charge in [-0.1, -0.05) is 77.1 Å². The first-order valence-electron chi connectivity index (χ1n) is 15.0. The molecule has 0 radical (unpaired) electrons. The fourth-order valence-electron chi connectivity index (χ4n) is 6.62. The zero-order valence-corrected chi connectivity index (χ0v) is 19.4. The first-order valence-corrected chi connectivity index (χ1v) is 13.0. The molecular formula is C29H44F2. The Hall–Kier alpha value is -0.920. The van der Waals surface area contributed by atoms with Gasteiger partial charge in [-0.25, -0.2) is 8.78 Å². The zero-order chi connectivity index (χ0) is 25.2. The van der Waals surface area contributed by atoms with Crippen molar-refractivity contribution < 1.29 is 14.3 Å². The molecule has 0 atom stereocenters. The lowest BCUT2D eigenvalue weighted by molar-refractivity contribution is 0.149. The Kier molecular flexibility index (Phi) is 6.73. The maximum Gasteiger partial charge on any atom is 0.159 e. The molecule has 0 N–H and O–H groups in total. The average molecular weight is 435 g/mol. The summed E-state index contributed by atoms with van der Waals surface area (Å²) in [5.74, 6) is 0.615. The summed E-state index contributed by atoms with van der Waals surface area (Å²) >= 11 is 0. The van der Waals surface area contributed by atoms with Gasteiger partial charge in [0.15, 0.2) is 11.6 Å². The van der Waals surface area contributed by atoms with Crippen LogP contribution in [0, 0.1) is 41.2 Å². The van der Waals surface area contributed by atoms with Gasteiger partial charge in [-0.3, -0.25) is 0 Å². The van der Waals surface area contributed by atoms with Gasteiger partial charge in [0.25, 0.3) is 0 Å². The minimum absolute atomic E-state index is 0.175. The van der Waals surface area contributed by atoms with E-state index >= 15 is 0 Å². The highest BCUT2D eigenvalue weighted by molar-refractivity contribution is 5.22. The van der Waals surface area contributed by atoms with E-state index in [0.717, 1.165) is 49.5 Å². The van der Waals surface area contributed by atoms with Crippen LogP contribution in [0.25, 0.3) is 0 Å². The van der Waals surface area contributed by atoms with Gasteiger partial charge in [0.05, 0.1) is 0 Å². The lowest BCUT2D eigenvalue weighted by Crippen LogP contribution is -2.25. The molecule has 2 heteroatoms. The largest absolute Gasteiger partial charge is 0.204 e. The van der Waals surface area contributed by atoms with E-state index < -0.39 is 30.3 Å². The summed E-state index contributed by atoms with van der Waals surface area (Å²) in [6, 6.07) is 4.38. The van der Waals surface area contributed by atoms with Gasteiger partial charge in [-0.15, -0.1) is 0 Å². The van der Waals surface area contributed by atoms with Gasteiger partial charge < -0.3 is 0 Å². The maximum absolute atomic E-state index is 13.6. The van der Waals surface area contributed by atoms with Gasteiger partial charge in [0.1, 0.15) is 0 Å². The Labute approximate surface area is 195 Å². The van der Waals surface area contributed by atoms with Crippen LogP contribution in [0.15, 0.2) is 18.2 Å². The van der Waals surface area contributed by atoms with Crippen molar-refractivity contribution in [1.82, 2.24) is 0 Å². The highest BCUT2D eigenvalue weighted by atomic mass is 19.2. The molecule has 0 unspecified atom stereocenters. The number of hydrogen-bond donors (Lipinski definition) is 0. The molecule has 4 rings (SSSR count). The number of rotatable bonds is 7. The topological polar surface area (TPSA) is 0 Å². The predicted molar refractivity (Wildman–Crippen MR) is 126 cm³/mol. The summed E-state index contributed by atoms with van der Waals surface area (Å²) in [6.07, 6.45) is 11.1. The van der Waals surface area contributed by atoms with Crippen LogP contribution in [-0.4, -0.2) is 0 Å². The molecule has 174 valence electrons. The van der Waals surface area contributed by atoms with E-state index in [9.17, 15) is 8.78 Å². The fourth-order valence-corrected chi connectivity index (χ4v) is 6.62. The smallest absolute Gasteiger partial charge is 0.159 e. The minimum Gasteiger partial charge on any atom is -0.204 e. The van der Waals surface area contributed by atoms with E-state index in [1.807, 2.05) is 0 Å². The molecule has 0 nitrogen and oxygen atoms in total. The molecule has 0 aromatic heterocycles. The van der Waals surface area contributed by atoms with E-state index in [2.05, 4.69) is 6.92 Å². The molecule has 31 heavy (non-hydrogen) atoms. The second-order valence-electron chi connectivity index (χ2n) is 10.7. The van der Waals surface area contributed by atoms with Crippen LogP contribution in [0.1, 0.15) is 127 Å². The molecule has 0 aliphatic heterocycles. The molecule has 1 aromatic carbocycles. The van der Waals surface area contributed by atoms with E-state index in [1.54, 1.807) is 6.07 Å². The van der Waals surface area contributed by atoms with Crippen molar-refractivity contribution in [2.24, 2.45) is 29.6 Å². The van der Waals surface area contributed by atoms with Crippen molar-refractivity contribution in [2.75, 3.05) is 0 Å². The van der Waals surface area contributed by atoms with Crippen LogP contribution in [0.3, 0.4) is 0 Å². The van der Waals surface area contributed by atoms with Gasteiger partial charge in [-0.05, 0) is 91.7 Å². The van der Waals surface area contributed by atoms with Crippen molar-refractivity contribution >= 4 is 0 Å². The molecule has 0 heterocycles. The zero-order valence-electron chi connectivity index (χ0n) is 23.4.